The van der Waals surface area contributed by atoms with Crippen molar-refractivity contribution in [1.82, 2.24) is 9.80 Å². The van der Waals surface area contributed by atoms with Gasteiger partial charge in [-0.3, -0.25) is 4.90 Å². The van der Waals surface area contributed by atoms with Crippen molar-refractivity contribution in [3.63, 3.8) is 0 Å². The van der Waals surface area contributed by atoms with Crippen LogP contribution in [-0.4, -0.2) is 54.6 Å². The lowest BCUT2D eigenvalue weighted by molar-refractivity contribution is -0.153. The fraction of sp³-hybridized carbons (Fsp3) is 1.00. The molecule has 3 heteroatoms. The zero-order valence-electron chi connectivity index (χ0n) is 13.2. The summed E-state index contributed by atoms with van der Waals surface area (Å²) in [7, 11) is 2.26. The van der Waals surface area contributed by atoms with Gasteiger partial charge in [-0.05, 0) is 69.7 Å². The minimum Gasteiger partial charge on any atom is -0.329 e. The average Bonchev–Trinajstić information content (AvgIpc) is 2.40. The van der Waals surface area contributed by atoms with Crippen LogP contribution in [0.15, 0.2) is 0 Å². The third kappa shape index (κ3) is 1.75. The Hall–Kier alpha value is -0.120. The second-order valence-electron chi connectivity index (χ2n) is 8.30. The van der Waals surface area contributed by atoms with Gasteiger partial charge in [0.2, 0.25) is 0 Å². The highest BCUT2D eigenvalue weighted by molar-refractivity contribution is 5.14. The second-order valence-corrected chi connectivity index (χ2v) is 8.30. The van der Waals surface area contributed by atoms with Gasteiger partial charge in [-0.1, -0.05) is 0 Å². The number of hydrogen-bond donors (Lipinski definition) is 1. The lowest BCUT2D eigenvalue weighted by Crippen LogP contribution is -2.73. The van der Waals surface area contributed by atoms with Crippen molar-refractivity contribution in [2.45, 2.75) is 50.6 Å². The first-order valence-electron chi connectivity index (χ1n) is 8.78. The molecular weight excluding hydrogens is 246 g/mol. The van der Waals surface area contributed by atoms with Gasteiger partial charge in [0.1, 0.15) is 0 Å². The summed E-state index contributed by atoms with van der Waals surface area (Å²) in [5.74, 6) is 3.88. The third-order valence-corrected chi connectivity index (χ3v) is 7.24. The van der Waals surface area contributed by atoms with Gasteiger partial charge in [0.05, 0.1) is 0 Å². The first kappa shape index (κ1) is 13.5. The molecule has 3 nitrogen and oxygen atoms in total. The highest BCUT2D eigenvalue weighted by Gasteiger charge is 2.59. The molecule has 5 rings (SSSR count). The van der Waals surface area contributed by atoms with Crippen LogP contribution in [0.5, 0.6) is 0 Å². The molecule has 1 aliphatic heterocycles. The van der Waals surface area contributed by atoms with Crippen molar-refractivity contribution in [3.8, 4) is 0 Å². The monoisotopic (exact) mass is 277 g/mol. The smallest absolute Gasteiger partial charge is 0.0392 e. The van der Waals surface area contributed by atoms with Crippen LogP contribution >= 0.6 is 0 Å². The summed E-state index contributed by atoms with van der Waals surface area (Å²) in [6, 6.07) is 0.676. The lowest BCUT2D eigenvalue weighted by Gasteiger charge is -2.66. The largest absolute Gasteiger partial charge is 0.329 e. The molecule has 4 bridgehead atoms. The summed E-state index contributed by atoms with van der Waals surface area (Å²) in [4.78, 5) is 5.35. The minimum atomic E-state index is 0.355. The quantitative estimate of drug-likeness (QED) is 0.835. The SMILES string of the molecule is CC1CN(C)CCN1C1(CN)C2CC3CC(C2)CC1C3. The molecule has 4 aliphatic carbocycles. The first-order chi connectivity index (χ1) is 9.63. The maximum atomic E-state index is 6.46. The zero-order chi connectivity index (χ0) is 13.9. The standard InChI is InChI=1S/C17H31N3/c1-12-10-19(2)3-4-20(12)17(11-18)15-6-13-5-14(8-15)9-16(17)7-13/h12-16H,3-11,18H2,1-2H3. The molecule has 20 heavy (non-hydrogen) atoms. The van der Waals surface area contributed by atoms with Gasteiger partial charge in [0.15, 0.2) is 0 Å². The summed E-state index contributed by atoms with van der Waals surface area (Å²) in [6.45, 7) is 7.00. The first-order valence-corrected chi connectivity index (χ1v) is 8.78. The molecule has 0 aromatic carbocycles. The molecule has 0 aromatic heterocycles. The lowest BCUT2D eigenvalue weighted by atomic mass is 9.48. The molecule has 4 saturated carbocycles. The number of nitrogens with zero attached hydrogens (tertiary/aromatic N) is 2. The van der Waals surface area contributed by atoms with Crippen molar-refractivity contribution in [2.24, 2.45) is 29.4 Å². The van der Waals surface area contributed by atoms with Crippen LogP contribution < -0.4 is 5.73 Å². The van der Waals surface area contributed by atoms with Crippen LogP contribution in [0.1, 0.15) is 39.0 Å². The Morgan fingerprint density at radius 1 is 1.00 bits per heavy atom. The molecule has 5 fully saturated rings. The van der Waals surface area contributed by atoms with Gasteiger partial charge in [0, 0.05) is 37.8 Å². The number of hydrogen-bond acceptors (Lipinski definition) is 3. The second kappa shape index (κ2) is 4.69. The predicted molar refractivity (Wildman–Crippen MR) is 82.5 cm³/mol. The summed E-state index contributed by atoms with van der Waals surface area (Å²) in [5, 5.41) is 0. The Balaban J connectivity index is 1.66. The summed E-state index contributed by atoms with van der Waals surface area (Å²) >= 11 is 0. The maximum Gasteiger partial charge on any atom is 0.0392 e. The third-order valence-electron chi connectivity index (χ3n) is 7.24. The van der Waals surface area contributed by atoms with E-state index in [0.717, 1.165) is 30.2 Å². The molecule has 0 aromatic rings. The fourth-order valence-corrected chi connectivity index (χ4v) is 6.68. The van der Waals surface area contributed by atoms with Crippen molar-refractivity contribution in [1.29, 1.82) is 0 Å². The fourth-order valence-electron chi connectivity index (χ4n) is 6.68. The van der Waals surface area contributed by atoms with Gasteiger partial charge in [-0.15, -0.1) is 0 Å². The van der Waals surface area contributed by atoms with Crippen LogP contribution in [0.3, 0.4) is 0 Å². The maximum absolute atomic E-state index is 6.46. The Bertz CT molecular complexity index is 352. The van der Waals surface area contributed by atoms with Crippen molar-refractivity contribution < 1.29 is 0 Å². The molecule has 1 heterocycles. The van der Waals surface area contributed by atoms with E-state index in [1.54, 1.807) is 0 Å². The van der Waals surface area contributed by atoms with E-state index < -0.39 is 0 Å². The van der Waals surface area contributed by atoms with Crippen molar-refractivity contribution in [2.75, 3.05) is 33.2 Å². The van der Waals surface area contributed by atoms with E-state index in [-0.39, 0.29) is 0 Å². The molecule has 0 spiro atoms. The van der Waals surface area contributed by atoms with E-state index in [9.17, 15) is 0 Å². The number of piperazine rings is 1. The highest BCUT2D eigenvalue weighted by Crippen LogP contribution is 2.60. The number of likely N-dealkylation sites (N-methyl/N-ethyl adjacent to an activating group) is 1. The Labute approximate surface area is 123 Å². The normalized spacial score (nSPS) is 52.6. The van der Waals surface area contributed by atoms with Gasteiger partial charge in [-0.25, -0.2) is 0 Å². The summed E-state index contributed by atoms with van der Waals surface area (Å²) in [5.41, 5.74) is 6.82. The van der Waals surface area contributed by atoms with E-state index in [0.29, 0.717) is 11.6 Å². The number of rotatable bonds is 2. The number of nitrogens with two attached hydrogens (primary N) is 1. The molecule has 0 radical (unpaired) electrons. The Kier molecular flexibility index (Phi) is 3.17. The van der Waals surface area contributed by atoms with Crippen molar-refractivity contribution in [3.05, 3.63) is 0 Å². The van der Waals surface area contributed by atoms with E-state index in [1.807, 2.05) is 0 Å². The van der Waals surface area contributed by atoms with Crippen LogP contribution in [0, 0.1) is 23.7 Å². The van der Waals surface area contributed by atoms with Gasteiger partial charge in [0.25, 0.3) is 0 Å². The van der Waals surface area contributed by atoms with Crippen molar-refractivity contribution >= 4 is 0 Å². The Morgan fingerprint density at radius 3 is 2.10 bits per heavy atom. The molecular formula is C17H31N3. The van der Waals surface area contributed by atoms with E-state index in [2.05, 4.69) is 23.8 Å². The van der Waals surface area contributed by atoms with Crippen LogP contribution in [-0.2, 0) is 0 Å². The molecule has 5 aliphatic rings. The van der Waals surface area contributed by atoms with Gasteiger partial charge in [-0.2, -0.15) is 0 Å². The predicted octanol–water partition coefficient (Wildman–Crippen LogP) is 1.78. The average molecular weight is 277 g/mol. The zero-order valence-corrected chi connectivity index (χ0v) is 13.2. The summed E-state index contributed by atoms with van der Waals surface area (Å²) in [6.07, 6.45) is 7.44. The van der Waals surface area contributed by atoms with E-state index >= 15 is 0 Å². The molecule has 1 unspecified atom stereocenters. The summed E-state index contributed by atoms with van der Waals surface area (Å²) < 4.78 is 0. The van der Waals surface area contributed by atoms with Gasteiger partial charge < -0.3 is 10.6 Å². The molecule has 2 N–H and O–H groups in total. The highest BCUT2D eigenvalue weighted by atomic mass is 15.3. The van der Waals surface area contributed by atoms with E-state index in [4.69, 9.17) is 5.73 Å². The molecule has 114 valence electrons. The molecule has 0 amide bonds. The van der Waals surface area contributed by atoms with E-state index in [1.165, 1.54) is 51.7 Å². The van der Waals surface area contributed by atoms with Crippen LogP contribution in [0.2, 0.25) is 0 Å². The van der Waals surface area contributed by atoms with Crippen LogP contribution in [0.25, 0.3) is 0 Å². The minimum absolute atomic E-state index is 0.355. The molecule has 1 atom stereocenters. The Morgan fingerprint density at radius 2 is 1.60 bits per heavy atom. The molecule has 1 saturated heterocycles. The topological polar surface area (TPSA) is 32.5 Å². The van der Waals surface area contributed by atoms with Crippen LogP contribution in [0.4, 0.5) is 0 Å². The van der Waals surface area contributed by atoms with Gasteiger partial charge >= 0.3 is 0 Å².